The van der Waals surface area contributed by atoms with E-state index in [0.29, 0.717) is 9.13 Å². The van der Waals surface area contributed by atoms with Gasteiger partial charge in [-0.2, -0.15) is 0 Å². The van der Waals surface area contributed by atoms with Crippen LogP contribution in [0.1, 0.15) is 10.4 Å². The van der Waals surface area contributed by atoms with Crippen LogP contribution in [0.15, 0.2) is 17.5 Å². The summed E-state index contributed by atoms with van der Waals surface area (Å²) in [7, 11) is 0. The van der Waals surface area contributed by atoms with Crippen molar-refractivity contribution in [3.8, 4) is 5.75 Å². The van der Waals surface area contributed by atoms with Gasteiger partial charge in [-0.05, 0) is 45.5 Å². The summed E-state index contributed by atoms with van der Waals surface area (Å²) in [5, 5.41) is 12.3. The zero-order valence-corrected chi connectivity index (χ0v) is 9.43. The molecule has 66 valence electrons. The van der Waals surface area contributed by atoms with Gasteiger partial charge in [0.25, 0.3) is 0 Å². The van der Waals surface area contributed by atoms with Gasteiger partial charge >= 0.3 is 0 Å². The van der Waals surface area contributed by atoms with Crippen LogP contribution in [-0.2, 0) is 0 Å². The normalized spacial score (nSPS) is 10.5. The predicted octanol–water partition coefficient (Wildman–Crippen LogP) is 3.02. The molecule has 1 aromatic carbocycles. The zero-order valence-electron chi connectivity index (χ0n) is 6.45. The fraction of sp³-hybridized carbons (Fsp3) is 0. The Hall–Kier alpha value is -0.620. The molecule has 1 N–H and O–H groups in total. The number of aldehydes is 1. The predicted molar refractivity (Wildman–Crippen MR) is 61.6 cm³/mol. The monoisotopic (exact) mass is 304 g/mol. The molecular formula is C9H5IO2S. The Labute approximate surface area is 92.3 Å². The molecule has 1 heterocycles. The van der Waals surface area contributed by atoms with E-state index in [-0.39, 0.29) is 5.75 Å². The Bertz CT molecular complexity index is 476. The number of hydrogen-bond donors (Lipinski definition) is 1. The first-order valence-electron chi connectivity index (χ1n) is 3.58. The fourth-order valence-electron chi connectivity index (χ4n) is 1.21. The summed E-state index contributed by atoms with van der Waals surface area (Å²) < 4.78 is 1.57. The lowest BCUT2D eigenvalue weighted by Crippen LogP contribution is -1.86. The third kappa shape index (κ3) is 1.34. The molecule has 0 amide bonds. The van der Waals surface area contributed by atoms with E-state index in [2.05, 4.69) is 0 Å². The number of benzene rings is 1. The maximum atomic E-state index is 10.8. The van der Waals surface area contributed by atoms with Crippen molar-refractivity contribution in [2.75, 3.05) is 0 Å². The van der Waals surface area contributed by atoms with Crippen molar-refractivity contribution in [1.82, 2.24) is 0 Å². The van der Waals surface area contributed by atoms with E-state index in [9.17, 15) is 9.90 Å². The van der Waals surface area contributed by atoms with E-state index in [1.54, 1.807) is 6.07 Å². The molecule has 0 saturated carbocycles. The number of fused-ring (bicyclic) bond motifs is 1. The molecule has 0 fully saturated rings. The highest BCUT2D eigenvalue weighted by Crippen LogP contribution is 2.33. The Balaban J connectivity index is 2.95. The van der Waals surface area contributed by atoms with Crippen LogP contribution in [-0.4, -0.2) is 11.4 Å². The van der Waals surface area contributed by atoms with Crippen molar-refractivity contribution in [3.05, 3.63) is 26.6 Å². The molecule has 0 atom stereocenters. The second kappa shape index (κ2) is 3.26. The Morgan fingerprint density at radius 2 is 2.31 bits per heavy atom. The lowest BCUT2D eigenvalue weighted by molar-refractivity contribution is 0.112. The lowest BCUT2D eigenvalue weighted by atomic mass is 10.2. The van der Waals surface area contributed by atoms with E-state index < -0.39 is 0 Å². The number of carbonyl (C=O) groups is 1. The van der Waals surface area contributed by atoms with Crippen LogP contribution in [0.3, 0.4) is 0 Å². The van der Waals surface area contributed by atoms with Crippen molar-refractivity contribution in [2.24, 2.45) is 0 Å². The van der Waals surface area contributed by atoms with Gasteiger partial charge in [-0.15, -0.1) is 11.3 Å². The fourth-order valence-corrected chi connectivity index (χ4v) is 2.83. The van der Waals surface area contributed by atoms with Crippen LogP contribution in [0.4, 0.5) is 0 Å². The van der Waals surface area contributed by atoms with Crippen LogP contribution >= 0.6 is 33.9 Å². The van der Waals surface area contributed by atoms with Gasteiger partial charge in [0.1, 0.15) is 5.75 Å². The minimum atomic E-state index is 0.175. The summed E-state index contributed by atoms with van der Waals surface area (Å²) in [5.74, 6) is 0.175. The summed E-state index contributed by atoms with van der Waals surface area (Å²) in [6.45, 7) is 0. The number of rotatable bonds is 1. The summed E-state index contributed by atoms with van der Waals surface area (Å²) in [5.41, 5.74) is 0.589. The number of hydrogen-bond acceptors (Lipinski definition) is 3. The van der Waals surface area contributed by atoms with E-state index in [4.69, 9.17) is 0 Å². The maximum absolute atomic E-state index is 10.8. The first-order valence-corrected chi connectivity index (χ1v) is 5.53. The van der Waals surface area contributed by atoms with Crippen molar-refractivity contribution >= 4 is 50.3 Å². The molecule has 2 aromatic rings. The molecule has 13 heavy (non-hydrogen) atoms. The molecule has 0 spiro atoms. The molecule has 0 aliphatic heterocycles. The van der Waals surface area contributed by atoms with Crippen LogP contribution < -0.4 is 0 Å². The second-order valence-corrected chi connectivity index (χ2v) is 4.58. The number of carbonyl (C=O) groups excluding carboxylic acids is 1. The molecule has 0 bridgehead atoms. The van der Waals surface area contributed by atoms with E-state index in [0.717, 1.165) is 16.4 Å². The number of aromatic hydroxyl groups is 1. The van der Waals surface area contributed by atoms with Gasteiger partial charge < -0.3 is 5.11 Å². The van der Waals surface area contributed by atoms with Crippen LogP contribution in [0.25, 0.3) is 10.1 Å². The Kier molecular flexibility index (Phi) is 2.25. The molecule has 0 aliphatic rings. The Morgan fingerprint density at radius 1 is 1.54 bits per heavy atom. The summed E-state index contributed by atoms with van der Waals surface area (Å²) in [6, 6.07) is 3.57. The van der Waals surface area contributed by atoms with Gasteiger partial charge in [0.15, 0.2) is 6.29 Å². The largest absolute Gasteiger partial charge is 0.507 e. The molecule has 2 nitrogen and oxygen atoms in total. The molecule has 0 radical (unpaired) electrons. The number of phenolic OH excluding ortho intramolecular Hbond substituents is 1. The van der Waals surface area contributed by atoms with Gasteiger partial charge in [-0.3, -0.25) is 4.79 Å². The highest BCUT2D eigenvalue weighted by atomic mass is 127. The first kappa shape index (κ1) is 8.96. The second-order valence-electron chi connectivity index (χ2n) is 2.58. The summed E-state index contributed by atoms with van der Waals surface area (Å²) in [6.07, 6.45) is 0.792. The standard InChI is InChI=1S/C9H5IO2S/c10-8-6(4-11)9-5(1-2-13-9)3-7(8)12/h1-4,12H. The highest BCUT2D eigenvalue weighted by Gasteiger charge is 2.10. The van der Waals surface area contributed by atoms with Crippen LogP contribution in [0.2, 0.25) is 0 Å². The molecule has 0 saturated heterocycles. The third-order valence-electron chi connectivity index (χ3n) is 1.81. The first-order chi connectivity index (χ1) is 6.24. The average molecular weight is 304 g/mol. The van der Waals surface area contributed by atoms with Crippen molar-refractivity contribution < 1.29 is 9.90 Å². The molecule has 2 rings (SSSR count). The van der Waals surface area contributed by atoms with Crippen molar-refractivity contribution in [2.45, 2.75) is 0 Å². The molecule has 0 aliphatic carbocycles. The van der Waals surface area contributed by atoms with Gasteiger partial charge in [-0.25, -0.2) is 0 Å². The minimum absolute atomic E-state index is 0.175. The third-order valence-corrected chi connectivity index (χ3v) is 3.91. The van der Waals surface area contributed by atoms with Crippen LogP contribution in [0.5, 0.6) is 5.75 Å². The SMILES string of the molecule is O=Cc1c(I)c(O)cc2ccsc12. The smallest absolute Gasteiger partial charge is 0.152 e. The molecule has 1 aromatic heterocycles. The number of phenols is 1. The van der Waals surface area contributed by atoms with Crippen molar-refractivity contribution in [3.63, 3.8) is 0 Å². The summed E-state index contributed by atoms with van der Waals surface area (Å²) in [4.78, 5) is 10.8. The average Bonchev–Trinajstić information content (AvgIpc) is 2.54. The zero-order chi connectivity index (χ0) is 9.42. The van der Waals surface area contributed by atoms with Gasteiger partial charge in [0, 0.05) is 10.3 Å². The summed E-state index contributed by atoms with van der Waals surface area (Å²) >= 11 is 3.49. The van der Waals surface area contributed by atoms with Crippen LogP contribution in [0, 0.1) is 3.57 Å². The molecule has 4 heteroatoms. The molecule has 0 unspecified atom stereocenters. The van der Waals surface area contributed by atoms with Gasteiger partial charge in [0.05, 0.1) is 3.57 Å². The Morgan fingerprint density at radius 3 is 3.00 bits per heavy atom. The number of halogens is 1. The van der Waals surface area contributed by atoms with E-state index in [1.807, 2.05) is 34.0 Å². The number of thiophene rings is 1. The molecular weight excluding hydrogens is 299 g/mol. The topological polar surface area (TPSA) is 37.3 Å². The van der Waals surface area contributed by atoms with Gasteiger partial charge in [0.2, 0.25) is 0 Å². The maximum Gasteiger partial charge on any atom is 0.152 e. The minimum Gasteiger partial charge on any atom is -0.507 e. The van der Waals surface area contributed by atoms with E-state index in [1.165, 1.54) is 11.3 Å². The highest BCUT2D eigenvalue weighted by molar-refractivity contribution is 14.1. The van der Waals surface area contributed by atoms with Crippen molar-refractivity contribution in [1.29, 1.82) is 0 Å². The van der Waals surface area contributed by atoms with E-state index >= 15 is 0 Å². The quantitative estimate of drug-likeness (QED) is 0.649. The lowest BCUT2D eigenvalue weighted by Gasteiger charge is -2.01. The van der Waals surface area contributed by atoms with Gasteiger partial charge in [-0.1, -0.05) is 0 Å².